The highest BCUT2D eigenvalue weighted by atomic mass is 35.5. The summed E-state index contributed by atoms with van der Waals surface area (Å²) >= 11 is 12.3. The number of ether oxygens (including phenoxy) is 2. The van der Waals surface area contributed by atoms with E-state index in [0.717, 1.165) is 0 Å². The van der Waals surface area contributed by atoms with Gasteiger partial charge in [0.25, 0.3) is 0 Å². The summed E-state index contributed by atoms with van der Waals surface area (Å²) in [7, 11) is -2.25. The average Bonchev–Trinajstić information content (AvgIpc) is 2.74. The number of nitrogens with one attached hydrogen (secondary N) is 1. The molecule has 1 fully saturated rings. The molecule has 1 N–H and O–H groups in total. The Bertz CT molecular complexity index is 1000. The van der Waals surface area contributed by atoms with Gasteiger partial charge in [0.2, 0.25) is 15.9 Å². The molecule has 1 saturated heterocycles. The van der Waals surface area contributed by atoms with Crippen molar-refractivity contribution in [3.8, 4) is 5.75 Å². The van der Waals surface area contributed by atoms with Gasteiger partial charge in [0, 0.05) is 29.6 Å². The van der Waals surface area contributed by atoms with Crippen molar-refractivity contribution in [2.45, 2.75) is 17.7 Å². The van der Waals surface area contributed by atoms with Crippen molar-refractivity contribution in [1.29, 1.82) is 0 Å². The minimum Gasteiger partial charge on any atom is -0.495 e. The Morgan fingerprint density at radius 1 is 1.17 bits per heavy atom. The number of sulfonamides is 1. The van der Waals surface area contributed by atoms with Crippen molar-refractivity contribution in [2.75, 3.05) is 38.7 Å². The van der Waals surface area contributed by atoms with E-state index in [2.05, 4.69) is 5.32 Å². The number of morpholine rings is 1. The first-order valence-electron chi connectivity index (χ1n) is 9.31. The zero-order valence-corrected chi connectivity index (χ0v) is 18.7. The smallest absolute Gasteiger partial charge is 0.243 e. The summed E-state index contributed by atoms with van der Waals surface area (Å²) in [5.74, 6) is 0.0465. The lowest BCUT2D eigenvalue weighted by Crippen LogP contribution is -2.40. The molecule has 1 aliphatic rings. The molecular weight excluding hydrogens is 451 g/mol. The molecule has 7 nitrogen and oxygen atoms in total. The van der Waals surface area contributed by atoms with Crippen LogP contribution in [0.5, 0.6) is 5.75 Å². The Morgan fingerprint density at radius 3 is 2.47 bits per heavy atom. The maximum Gasteiger partial charge on any atom is 0.243 e. The summed E-state index contributed by atoms with van der Waals surface area (Å²) in [6.07, 6.45) is 0.464. The first-order chi connectivity index (χ1) is 14.3. The lowest BCUT2D eigenvalue weighted by Gasteiger charge is -2.26. The maximum atomic E-state index is 12.9. The predicted octanol–water partition coefficient (Wildman–Crippen LogP) is 3.59. The molecule has 0 bridgehead atoms. The number of halogens is 2. The van der Waals surface area contributed by atoms with Crippen molar-refractivity contribution in [1.82, 2.24) is 4.31 Å². The fraction of sp³-hybridized carbons (Fsp3) is 0.350. The third-order valence-corrected chi connectivity index (χ3v) is 7.32. The van der Waals surface area contributed by atoms with Crippen LogP contribution in [0.3, 0.4) is 0 Å². The Labute approximate surface area is 185 Å². The molecule has 0 spiro atoms. The highest BCUT2D eigenvalue weighted by molar-refractivity contribution is 7.89. The third kappa shape index (κ3) is 5.25. The normalized spacial score (nSPS) is 15.0. The summed E-state index contributed by atoms with van der Waals surface area (Å²) in [5, 5.41) is 3.71. The van der Waals surface area contributed by atoms with Crippen molar-refractivity contribution in [3.05, 3.63) is 52.0 Å². The number of carbonyl (C=O) groups is 1. The van der Waals surface area contributed by atoms with Crippen LogP contribution >= 0.6 is 23.2 Å². The molecule has 2 aromatic rings. The molecule has 2 aromatic carbocycles. The molecule has 3 rings (SSSR count). The largest absolute Gasteiger partial charge is 0.495 e. The standard InChI is InChI=1S/C20H22Cl2N2O5S/c1-28-19-7-5-14(30(26,27)24-9-11-29-12-10-24)13-18(19)23-20(25)8-6-15-16(21)3-2-4-17(15)22/h2-5,7,13H,6,8-12H2,1H3,(H,23,25). The van der Waals surface area contributed by atoms with E-state index < -0.39 is 10.0 Å². The van der Waals surface area contributed by atoms with Crippen molar-refractivity contribution in [3.63, 3.8) is 0 Å². The van der Waals surface area contributed by atoms with Gasteiger partial charge in [-0.1, -0.05) is 29.3 Å². The van der Waals surface area contributed by atoms with E-state index in [1.165, 1.54) is 29.6 Å². The van der Waals surface area contributed by atoms with E-state index in [1.807, 2.05) is 0 Å². The monoisotopic (exact) mass is 472 g/mol. The molecule has 10 heteroatoms. The molecule has 0 radical (unpaired) electrons. The van der Waals surface area contributed by atoms with Gasteiger partial charge in [-0.2, -0.15) is 4.31 Å². The highest BCUT2D eigenvalue weighted by Gasteiger charge is 2.27. The minimum atomic E-state index is -3.70. The molecular formula is C20H22Cl2N2O5S. The molecule has 1 aliphatic heterocycles. The number of anilines is 1. The molecule has 0 aromatic heterocycles. The zero-order valence-electron chi connectivity index (χ0n) is 16.4. The van der Waals surface area contributed by atoms with Gasteiger partial charge in [0.1, 0.15) is 5.75 Å². The number of nitrogens with zero attached hydrogens (tertiary/aromatic N) is 1. The van der Waals surface area contributed by atoms with E-state index in [1.54, 1.807) is 18.2 Å². The maximum absolute atomic E-state index is 12.9. The minimum absolute atomic E-state index is 0.0784. The topological polar surface area (TPSA) is 84.9 Å². The van der Waals surface area contributed by atoms with E-state index in [4.69, 9.17) is 32.7 Å². The average molecular weight is 473 g/mol. The van der Waals surface area contributed by atoms with E-state index in [9.17, 15) is 13.2 Å². The summed E-state index contributed by atoms with van der Waals surface area (Å²) in [5.41, 5.74) is 0.966. The fourth-order valence-corrected chi connectivity index (χ4v) is 5.12. The lowest BCUT2D eigenvalue weighted by molar-refractivity contribution is -0.116. The summed E-state index contributed by atoms with van der Waals surface area (Å²) in [6, 6.07) is 9.55. The number of rotatable bonds is 7. The van der Waals surface area contributed by atoms with Crippen LogP contribution in [0.4, 0.5) is 5.69 Å². The number of hydrogen-bond acceptors (Lipinski definition) is 5. The summed E-state index contributed by atoms with van der Waals surface area (Å²) in [6.45, 7) is 1.27. The Hall–Kier alpha value is -1.84. The van der Waals surface area contributed by atoms with Crippen molar-refractivity contribution < 1.29 is 22.7 Å². The molecule has 0 unspecified atom stereocenters. The second kappa shape index (κ2) is 9.98. The van der Waals surface area contributed by atoms with E-state index in [0.29, 0.717) is 41.0 Å². The second-order valence-corrected chi connectivity index (χ2v) is 9.38. The highest BCUT2D eigenvalue weighted by Crippen LogP contribution is 2.30. The molecule has 0 atom stereocenters. The second-order valence-electron chi connectivity index (χ2n) is 6.63. The number of methoxy groups -OCH3 is 1. The Morgan fingerprint density at radius 2 is 1.83 bits per heavy atom. The molecule has 30 heavy (non-hydrogen) atoms. The van der Waals surface area contributed by atoms with Gasteiger partial charge < -0.3 is 14.8 Å². The van der Waals surface area contributed by atoms with Crippen LogP contribution in [-0.2, 0) is 26.0 Å². The van der Waals surface area contributed by atoms with Gasteiger partial charge in [-0.3, -0.25) is 4.79 Å². The van der Waals surface area contributed by atoms with Crippen LogP contribution < -0.4 is 10.1 Å². The van der Waals surface area contributed by atoms with Gasteiger partial charge in [0.05, 0.1) is 30.9 Å². The molecule has 0 aliphatic carbocycles. The molecule has 1 amide bonds. The Kier molecular flexibility index (Phi) is 7.60. The van der Waals surface area contributed by atoms with Gasteiger partial charge in [-0.05, 0) is 42.3 Å². The zero-order chi connectivity index (χ0) is 21.7. The van der Waals surface area contributed by atoms with E-state index in [-0.39, 0.29) is 36.0 Å². The molecule has 162 valence electrons. The number of benzene rings is 2. The number of carbonyl (C=O) groups excluding carboxylic acids is 1. The van der Waals surface area contributed by atoms with Gasteiger partial charge in [-0.15, -0.1) is 0 Å². The van der Waals surface area contributed by atoms with Crippen molar-refractivity contribution >= 4 is 44.8 Å². The van der Waals surface area contributed by atoms with Crippen LogP contribution in [-0.4, -0.2) is 52.0 Å². The predicted molar refractivity (Wildman–Crippen MR) is 116 cm³/mol. The van der Waals surface area contributed by atoms with Crippen LogP contribution in [0.1, 0.15) is 12.0 Å². The lowest BCUT2D eigenvalue weighted by atomic mass is 10.1. The summed E-state index contributed by atoms with van der Waals surface area (Å²) < 4.78 is 37.7. The quantitative estimate of drug-likeness (QED) is 0.665. The molecule has 0 saturated carbocycles. The number of amides is 1. The third-order valence-electron chi connectivity index (χ3n) is 4.72. The van der Waals surface area contributed by atoms with Gasteiger partial charge in [0.15, 0.2) is 0 Å². The number of hydrogen-bond donors (Lipinski definition) is 1. The van der Waals surface area contributed by atoms with Gasteiger partial charge >= 0.3 is 0 Å². The first kappa shape index (κ1) is 22.8. The first-order valence-corrected chi connectivity index (χ1v) is 11.5. The van der Waals surface area contributed by atoms with Crippen LogP contribution in [0.25, 0.3) is 0 Å². The fourth-order valence-electron chi connectivity index (χ4n) is 3.10. The summed E-state index contributed by atoms with van der Waals surface area (Å²) in [4.78, 5) is 12.6. The SMILES string of the molecule is COc1ccc(S(=O)(=O)N2CCOCC2)cc1NC(=O)CCc1c(Cl)cccc1Cl. The Balaban J connectivity index is 1.76. The van der Waals surface area contributed by atoms with Crippen molar-refractivity contribution in [2.24, 2.45) is 0 Å². The van der Waals surface area contributed by atoms with Crippen LogP contribution in [0.15, 0.2) is 41.3 Å². The van der Waals surface area contributed by atoms with E-state index >= 15 is 0 Å². The van der Waals surface area contributed by atoms with Gasteiger partial charge in [-0.25, -0.2) is 8.42 Å². The van der Waals surface area contributed by atoms with Crippen LogP contribution in [0, 0.1) is 0 Å². The molecule has 1 heterocycles. The van der Waals surface area contributed by atoms with Crippen LogP contribution in [0.2, 0.25) is 10.0 Å².